The predicted molar refractivity (Wildman–Crippen MR) is 95.1 cm³/mol. The molecule has 3 nitrogen and oxygen atoms in total. The van der Waals surface area contributed by atoms with E-state index in [0.717, 1.165) is 5.56 Å². The normalized spacial score (nSPS) is 11.1. The Morgan fingerprint density at radius 2 is 1.74 bits per heavy atom. The Hall–Kier alpha value is -1.39. The maximum atomic E-state index is 11.3. The molecule has 0 saturated carbocycles. The van der Waals surface area contributed by atoms with Gasteiger partial charge in [0, 0.05) is 15.9 Å². The van der Waals surface area contributed by atoms with Crippen molar-refractivity contribution < 1.29 is 9.90 Å². The molecule has 0 unspecified atom stereocenters. The molecule has 2 aromatic carbocycles. The molecule has 0 spiro atoms. The number of carboxylic acids is 1. The second kappa shape index (κ2) is 6.25. The number of hydrogen-bond donors (Lipinski definition) is 2. The number of rotatable bonds is 3. The molecule has 0 aliphatic heterocycles. The first-order valence-corrected chi connectivity index (χ1v) is 8.05. The molecule has 0 radical (unpaired) electrons. The molecule has 23 heavy (non-hydrogen) atoms. The average Bonchev–Trinajstić information content (AvgIpc) is 2.79. The number of H-pyrrole nitrogens is 1. The topological polar surface area (TPSA) is 53.1 Å². The molecule has 3 rings (SSSR count). The van der Waals surface area contributed by atoms with Gasteiger partial charge in [-0.25, -0.2) is 0 Å². The molecule has 2 N–H and O–H groups in total. The van der Waals surface area contributed by atoms with Gasteiger partial charge in [-0.05, 0) is 35.4 Å². The molecule has 1 heterocycles. The largest absolute Gasteiger partial charge is 0.481 e. The van der Waals surface area contributed by atoms with Crippen molar-refractivity contribution in [1.29, 1.82) is 0 Å². The number of halogens is 4. The lowest BCUT2D eigenvalue weighted by Crippen LogP contribution is -2.01. The van der Waals surface area contributed by atoms with Gasteiger partial charge < -0.3 is 10.1 Å². The van der Waals surface area contributed by atoms with E-state index in [1.165, 1.54) is 0 Å². The zero-order valence-corrected chi connectivity index (χ0v) is 14.5. The van der Waals surface area contributed by atoms with Gasteiger partial charge in [-0.2, -0.15) is 0 Å². The second-order valence-corrected chi connectivity index (χ2v) is 6.65. The Labute approximate surface area is 151 Å². The van der Waals surface area contributed by atoms with Crippen LogP contribution in [0.3, 0.4) is 0 Å². The molecule has 0 aliphatic carbocycles. The highest BCUT2D eigenvalue weighted by Gasteiger charge is 2.19. The van der Waals surface area contributed by atoms with Crippen molar-refractivity contribution in [2.24, 2.45) is 0 Å². The third kappa shape index (κ3) is 3.15. The molecule has 118 valence electrons. The van der Waals surface area contributed by atoms with E-state index in [1.54, 1.807) is 30.3 Å². The zero-order valence-electron chi connectivity index (χ0n) is 11.5. The van der Waals surface area contributed by atoms with Gasteiger partial charge in [0.1, 0.15) is 0 Å². The van der Waals surface area contributed by atoms with Crippen molar-refractivity contribution in [3.8, 4) is 11.3 Å². The first-order valence-electron chi connectivity index (χ1n) is 6.53. The summed E-state index contributed by atoms with van der Waals surface area (Å²) in [5, 5.41) is 11.5. The predicted octanol–water partition coefficient (Wildman–Crippen LogP) is 6.08. The van der Waals surface area contributed by atoms with E-state index < -0.39 is 5.97 Å². The van der Waals surface area contributed by atoms with Crippen molar-refractivity contribution >= 4 is 63.3 Å². The summed E-state index contributed by atoms with van der Waals surface area (Å²) in [5.41, 5.74) is 2.59. The van der Waals surface area contributed by atoms with E-state index in [0.29, 0.717) is 42.3 Å². The summed E-state index contributed by atoms with van der Waals surface area (Å²) in [6.07, 6.45) is -0.184. The number of carbonyl (C=O) groups is 1. The lowest BCUT2D eigenvalue weighted by atomic mass is 10.0. The van der Waals surface area contributed by atoms with Crippen LogP contribution in [0.5, 0.6) is 0 Å². The average molecular weight is 389 g/mol. The van der Waals surface area contributed by atoms with Gasteiger partial charge in [0.2, 0.25) is 0 Å². The summed E-state index contributed by atoms with van der Waals surface area (Å²) in [6, 6.07) is 8.39. The lowest BCUT2D eigenvalue weighted by molar-refractivity contribution is -0.136. The van der Waals surface area contributed by atoms with Crippen molar-refractivity contribution in [3.05, 3.63) is 56.0 Å². The molecule has 1 aromatic heterocycles. The highest BCUT2D eigenvalue weighted by atomic mass is 35.5. The van der Waals surface area contributed by atoms with Crippen LogP contribution in [0.2, 0.25) is 20.1 Å². The molecule has 0 saturated heterocycles. The van der Waals surface area contributed by atoms with Crippen LogP contribution in [0.4, 0.5) is 0 Å². The van der Waals surface area contributed by atoms with Gasteiger partial charge in [-0.3, -0.25) is 4.79 Å². The summed E-state index contributed by atoms with van der Waals surface area (Å²) >= 11 is 24.3. The molecule has 3 aromatic rings. The van der Waals surface area contributed by atoms with Crippen LogP contribution >= 0.6 is 46.4 Å². The lowest BCUT2D eigenvalue weighted by Gasteiger charge is -2.05. The third-order valence-electron chi connectivity index (χ3n) is 3.45. The number of hydrogen-bond acceptors (Lipinski definition) is 1. The van der Waals surface area contributed by atoms with Crippen LogP contribution in [0, 0.1) is 0 Å². The Morgan fingerprint density at radius 3 is 2.39 bits per heavy atom. The number of carboxylic acid groups (broad SMARTS) is 1. The van der Waals surface area contributed by atoms with Crippen LogP contribution in [0.1, 0.15) is 5.56 Å². The summed E-state index contributed by atoms with van der Waals surface area (Å²) in [5.74, 6) is -0.960. The standard InChI is InChI=1S/C16H9Cl4NO2/c17-8-4-12(20)15-9(6-14(22)23)16(21-13(15)5-8)7-1-2-10(18)11(19)3-7/h1-5,21H,6H2,(H,22,23). The van der Waals surface area contributed by atoms with E-state index >= 15 is 0 Å². The smallest absolute Gasteiger partial charge is 0.307 e. The van der Waals surface area contributed by atoms with Crippen molar-refractivity contribution in [2.45, 2.75) is 6.42 Å². The van der Waals surface area contributed by atoms with Gasteiger partial charge in [0.15, 0.2) is 0 Å². The maximum Gasteiger partial charge on any atom is 0.307 e. The van der Waals surface area contributed by atoms with E-state index in [4.69, 9.17) is 46.4 Å². The quantitative estimate of drug-likeness (QED) is 0.571. The Bertz CT molecular complexity index is 933. The minimum Gasteiger partial charge on any atom is -0.481 e. The fourth-order valence-corrected chi connectivity index (χ4v) is 3.45. The van der Waals surface area contributed by atoms with Gasteiger partial charge in [0.05, 0.1) is 27.2 Å². The number of nitrogens with one attached hydrogen (secondary N) is 1. The minimum absolute atomic E-state index is 0.184. The van der Waals surface area contributed by atoms with Gasteiger partial charge >= 0.3 is 5.97 Å². The Balaban J connectivity index is 2.32. The zero-order chi connectivity index (χ0) is 16.7. The molecule has 0 amide bonds. The maximum absolute atomic E-state index is 11.3. The molecular weight excluding hydrogens is 380 g/mol. The summed E-state index contributed by atoms with van der Waals surface area (Å²) < 4.78 is 0. The van der Waals surface area contributed by atoms with Gasteiger partial charge in [-0.1, -0.05) is 52.5 Å². The Morgan fingerprint density at radius 1 is 1.00 bits per heavy atom. The molecule has 7 heteroatoms. The van der Waals surface area contributed by atoms with E-state index in [1.807, 2.05) is 0 Å². The van der Waals surface area contributed by atoms with E-state index in [2.05, 4.69) is 4.98 Å². The van der Waals surface area contributed by atoms with Crippen molar-refractivity contribution in [1.82, 2.24) is 4.98 Å². The highest BCUT2D eigenvalue weighted by Crippen LogP contribution is 2.38. The van der Waals surface area contributed by atoms with Crippen LogP contribution < -0.4 is 0 Å². The van der Waals surface area contributed by atoms with Crippen LogP contribution in [0.25, 0.3) is 22.2 Å². The van der Waals surface area contributed by atoms with E-state index in [9.17, 15) is 9.90 Å². The number of benzene rings is 2. The first kappa shape index (κ1) is 16.5. The first-order chi connectivity index (χ1) is 10.9. The number of aromatic nitrogens is 1. The minimum atomic E-state index is -0.960. The van der Waals surface area contributed by atoms with Crippen molar-refractivity contribution in [2.75, 3.05) is 0 Å². The van der Waals surface area contributed by atoms with E-state index in [-0.39, 0.29) is 6.42 Å². The fourth-order valence-electron chi connectivity index (χ4n) is 2.54. The summed E-state index contributed by atoms with van der Waals surface area (Å²) in [4.78, 5) is 14.4. The van der Waals surface area contributed by atoms with Crippen LogP contribution in [-0.2, 0) is 11.2 Å². The van der Waals surface area contributed by atoms with Gasteiger partial charge in [0.25, 0.3) is 0 Å². The second-order valence-electron chi connectivity index (χ2n) is 4.99. The number of fused-ring (bicyclic) bond motifs is 1. The molecule has 0 aliphatic rings. The van der Waals surface area contributed by atoms with Gasteiger partial charge in [-0.15, -0.1) is 0 Å². The molecule has 0 bridgehead atoms. The molecule has 0 fully saturated rings. The third-order valence-corrected chi connectivity index (χ3v) is 4.71. The van der Waals surface area contributed by atoms with Crippen LogP contribution in [-0.4, -0.2) is 16.1 Å². The fraction of sp³-hybridized carbons (Fsp3) is 0.0625. The van der Waals surface area contributed by atoms with Crippen molar-refractivity contribution in [3.63, 3.8) is 0 Å². The Kier molecular flexibility index (Phi) is 4.47. The number of aliphatic carboxylic acids is 1. The number of aromatic amines is 1. The molecular formula is C16H9Cl4NO2. The highest BCUT2D eigenvalue weighted by molar-refractivity contribution is 6.42. The molecule has 0 atom stereocenters. The monoisotopic (exact) mass is 387 g/mol. The van der Waals surface area contributed by atoms with Crippen LogP contribution in [0.15, 0.2) is 30.3 Å². The SMILES string of the molecule is O=C(O)Cc1c(-c2ccc(Cl)c(Cl)c2)[nH]c2cc(Cl)cc(Cl)c12. The summed E-state index contributed by atoms with van der Waals surface area (Å²) in [7, 11) is 0. The summed E-state index contributed by atoms with van der Waals surface area (Å²) in [6.45, 7) is 0.